The summed E-state index contributed by atoms with van der Waals surface area (Å²) in [4.78, 5) is 12.8. The number of ether oxygens (including phenoxy) is 1. The first-order chi connectivity index (χ1) is 12.3. The number of nitrogens with one attached hydrogen (secondary N) is 1. The summed E-state index contributed by atoms with van der Waals surface area (Å²) in [5.74, 6) is 0.726. The quantitative estimate of drug-likeness (QED) is 0.725. The third kappa shape index (κ3) is 4.08. The SMILES string of the molecule is COc1ccc(Cn2c(N)c(C(=O)N[C@H]3CCS(=O)(=O)C3)sc2=S)cc1. The zero-order valence-electron chi connectivity index (χ0n) is 14.1. The van der Waals surface area contributed by atoms with Crippen LogP contribution in [-0.2, 0) is 16.4 Å². The minimum Gasteiger partial charge on any atom is -0.497 e. The van der Waals surface area contributed by atoms with Gasteiger partial charge in [-0.3, -0.25) is 4.79 Å². The number of carbonyl (C=O) groups is 1. The highest BCUT2D eigenvalue weighted by atomic mass is 32.2. The Morgan fingerprint density at radius 3 is 2.69 bits per heavy atom. The molecule has 2 heterocycles. The van der Waals surface area contributed by atoms with Crippen molar-refractivity contribution < 1.29 is 17.9 Å². The molecule has 1 atom stereocenters. The lowest BCUT2D eigenvalue weighted by molar-refractivity contribution is 0.0945. The standard InChI is InChI=1S/C16H19N3O4S3/c1-23-12-4-2-10(3-5-12)8-19-14(17)13(25-16(19)24)15(20)18-11-6-7-26(21,22)9-11/h2-5,11H,6-9,17H2,1H3,(H,18,20)/t11-/m0/s1. The van der Waals surface area contributed by atoms with Gasteiger partial charge in [-0.25, -0.2) is 8.42 Å². The number of thiazole rings is 1. The second-order valence-corrected chi connectivity index (χ2v) is 9.96. The number of nitrogens with zero attached hydrogens (tertiary/aromatic N) is 1. The van der Waals surface area contributed by atoms with Crippen molar-refractivity contribution in [2.24, 2.45) is 0 Å². The number of methoxy groups -OCH3 is 1. The topological polar surface area (TPSA) is 103 Å². The third-order valence-electron chi connectivity index (χ3n) is 4.21. The maximum absolute atomic E-state index is 12.5. The largest absolute Gasteiger partial charge is 0.497 e. The summed E-state index contributed by atoms with van der Waals surface area (Å²) in [6, 6.07) is 7.12. The van der Waals surface area contributed by atoms with E-state index in [4.69, 9.17) is 22.7 Å². The van der Waals surface area contributed by atoms with Crippen molar-refractivity contribution >= 4 is 45.1 Å². The molecule has 1 aromatic heterocycles. The second-order valence-electron chi connectivity index (χ2n) is 6.09. The van der Waals surface area contributed by atoms with Gasteiger partial charge in [0, 0.05) is 6.04 Å². The van der Waals surface area contributed by atoms with Gasteiger partial charge < -0.3 is 20.4 Å². The predicted octanol–water partition coefficient (Wildman–Crippen LogP) is 1.84. The summed E-state index contributed by atoms with van der Waals surface area (Å²) in [5.41, 5.74) is 7.11. The van der Waals surface area contributed by atoms with Gasteiger partial charge in [0.15, 0.2) is 13.8 Å². The highest BCUT2D eigenvalue weighted by molar-refractivity contribution is 7.91. The molecular weight excluding hydrogens is 394 g/mol. The third-order valence-corrected chi connectivity index (χ3v) is 7.44. The molecule has 1 fully saturated rings. The van der Waals surface area contributed by atoms with Crippen LogP contribution in [0.15, 0.2) is 24.3 Å². The normalized spacial score (nSPS) is 18.6. The molecule has 1 aliphatic rings. The number of rotatable bonds is 5. The second kappa shape index (κ2) is 7.37. The van der Waals surface area contributed by atoms with E-state index < -0.39 is 9.84 Å². The lowest BCUT2D eigenvalue weighted by Gasteiger charge is -2.11. The highest BCUT2D eigenvalue weighted by Gasteiger charge is 2.30. The summed E-state index contributed by atoms with van der Waals surface area (Å²) < 4.78 is 30.4. The van der Waals surface area contributed by atoms with Gasteiger partial charge in [-0.2, -0.15) is 0 Å². The Balaban J connectivity index is 1.76. The summed E-state index contributed by atoms with van der Waals surface area (Å²) in [6.45, 7) is 0.441. The van der Waals surface area contributed by atoms with Gasteiger partial charge in [-0.05, 0) is 36.3 Å². The molecule has 2 aromatic rings. The van der Waals surface area contributed by atoms with Crippen LogP contribution in [0.5, 0.6) is 5.75 Å². The highest BCUT2D eigenvalue weighted by Crippen LogP contribution is 2.24. The Kier molecular flexibility index (Phi) is 5.35. The van der Waals surface area contributed by atoms with Crippen LogP contribution in [0.2, 0.25) is 0 Å². The van der Waals surface area contributed by atoms with Gasteiger partial charge in [-0.1, -0.05) is 23.5 Å². The van der Waals surface area contributed by atoms with E-state index in [1.165, 1.54) is 0 Å². The van der Waals surface area contributed by atoms with Crippen molar-refractivity contribution in [2.75, 3.05) is 24.3 Å². The van der Waals surface area contributed by atoms with Crippen molar-refractivity contribution in [3.8, 4) is 5.75 Å². The zero-order valence-corrected chi connectivity index (χ0v) is 16.5. The molecule has 7 nitrogen and oxygen atoms in total. The number of carbonyl (C=O) groups excluding carboxylic acids is 1. The van der Waals surface area contributed by atoms with E-state index in [9.17, 15) is 13.2 Å². The molecule has 0 aliphatic carbocycles. The molecular formula is C16H19N3O4S3. The minimum absolute atomic E-state index is 0.0312. The lowest BCUT2D eigenvalue weighted by atomic mass is 10.2. The summed E-state index contributed by atoms with van der Waals surface area (Å²) in [7, 11) is -1.46. The van der Waals surface area contributed by atoms with E-state index in [0.29, 0.717) is 21.8 Å². The van der Waals surface area contributed by atoms with Crippen LogP contribution in [0.4, 0.5) is 5.82 Å². The number of nitrogen functional groups attached to an aromatic ring is 1. The number of hydrogen-bond acceptors (Lipinski definition) is 7. The number of sulfone groups is 1. The Morgan fingerprint density at radius 2 is 2.12 bits per heavy atom. The summed E-state index contributed by atoms with van der Waals surface area (Å²) in [5, 5.41) is 2.75. The molecule has 26 heavy (non-hydrogen) atoms. The van der Waals surface area contributed by atoms with Crippen LogP contribution in [0, 0.1) is 3.95 Å². The fourth-order valence-corrected chi connectivity index (χ4v) is 5.70. The van der Waals surface area contributed by atoms with Crippen LogP contribution in [-0.4, -0.2) is 43.5 Å². The molecule has 0 radical (unpaired) electrons. The van der Waals surface area contributed by atoms with Crippen LogP contribution in [0.1, 0.15) is 21.7 Å². The fraction of sp³-hybridized carbons (Fsp3) is 0.375. The lowest BCUT2D eigenvalue weighted by Crippen LogP contribution is -2.35. The monoisotopic (exact) mass is 413 g/mol. The van der Waals surface area contributed by atoms with E-state index in [1.54, 1.807) is 11.7 Å². The number of amides is 1. The van der Waals surface area contributed by atoms with Gasteiger partial charge in [0.05, 0.1) is 25.2 Å². The van der Waals surface area contributed by atoms with E-state index in [2.05, 4.69) is 5.32 Å². The number of hydrogen-bond donors (Lipinski definition) is 2. The number of benzene rings is 1. The van der Waals surface area contributed by atoms with Crippen molar-refractivity contribution in [2.45, 2.75) is 19.0 Å². The molecule has 0 bridgehead atoms. The Bertz CT molecular complexity index is 977. The van der Waals surface area contributed by atoms with E-state index in [1.807, 2.05) is 24.3 Å². The van der Waals surface area contributed by atoms with E-state index in [0.717, 1.165) is 22.6 Å². The molecule has 1 saturated heterocycles. The zero-order chi connectivity index (χ0) is 18.9. The predicted molar refractivity (Wildman–Crippen MR) is 104 cm³/mol. The average molecular weight is 414 g/mol. The molecule has 1 amide bonds. The Hall–Kier alpha value is -1.91. The maximum atomic E-state index is 12.5. The van der Waals surface area contributed by atoms with Crippen molar-refractivity contribution in [3.63, 3.8) is 0 Å². The van der Waals surface area contributed by atoms with Crippen molar-refractivity contribution in [1.29, 1.82) is 0 Å². The van der Waals surface area contributed by atoms with Crippen LogP contribution in [0.25, 0.3) is 0 Å². The van der Waals surface area contributed by atoms with Crippen molar-refractivity contribution in [1.82, 2.24) is 9.88 Å². The van der Waals surface area contributed by atoms with Gasteiger partial charge in [0.1, 0.15) is 16.4 Å². The van der Waals surface area contributed by atoms with Crippen LogP contribution < -0.4 is 15.8 Å². The Morgan fingerprint density at radius 1 is 1.42 bits per heavy atom. The van der Waals surface area contributed by atoms with E-state index >= 15 is 0 Å². The first-order valence-corrected chi connectivity index (χ1v) is 11.0. The summed E-state index contributed by atoms with van der Waals surface area (Å²) >= 11 is 6.47. The van der Waals surface area contributed by atoms with E-state index in [-0.39, 0.29) is 29.3 Å². The molecule has 1 aromatic carbocycles. The maximum Gasteiger partial charge on any atom is 0.265 e. The van der Waals surface area contributed by atoms with Gasteiger partial charge >= 0.3 is 0 Å². The molecule has 3 rings (SSSR count). The molecule has 140 valence electrons. The van der Waals surface area contributed by atoms with Gasteiger partial charge in [-0.15, -0.1) is 0 Å². The first kappa shape index (κ1) is 18.9. The molecule has 0 saturated carbocycles. The Labute approximate surface area is 160 Å². The number of nitrogens with two attached hydrogens (primary N) is 1. The molecule has 0 unspecified atom stereocenters. The van der Waals surface area contributed by atoms with Crippen LogP contribution >= 0.6 is 23.6 Å². The summed E-state index contributed by atoms with van der Waals surface area (Å²) in [6.07, 6.45) is 0.423. The van der Waals surface area contributed by atoms with Crippen LogP contribution in [0.3, 0.4) is 0 Å². The van der Waals surface area contributed by atoms with Gasteiger partial charge in [0.2, 0.25) is 0 Å². The van der Waals surface area contributed by atoms with Gasteiger partial charge in [0.25, 0.3) is 5.91 Å². The molecule has 1 aliphatic heterocycles. The average Bonchev–Trinajstić information content (AvgIpc) is 3.08. The smallest absolute Gasteiger partial charge is 0.265 e. The number of aromatic nitrogens is 1. The fourth-order valence-electron chi connectivity index (χ4n) is 2.80. The molecule has 10 heteroatoms. The first-order valence-electron chi connectivity index (χ1n) is 7.92. The molecule has 0 spiro atoms. The number of anilines is 1. The molecule has 3 N–H and O–H groups in total. The van der Waals surface area contributed by atoms with Crippen molar-refractivity contribution in [3.05, 3.63) is 38.7 Å². The minimum atomic E-state index is -3.06.